The first kappa shape index (κ1) is 56.2. The summed E-state index contributed by atoms with van der Waals surface area (Å²) in [7, 11) is 0.589. The number of benzene rings is 8. The van der Waals surface area contributed by atoms with Gasteiger partial charge in [0.2, 0.25) is 0 Å². The van der Waals surface area contributed by atoms with Crippen LogP contribution in [0.5, 0.6) is 17.2 Å². The molecule has 1 radical (unpaired) electrons. The molecule has 10 nitrogen and oxygen atoms in total. The van der Waals surface area contributed by atoms with Crippen molar-refractivity contribution in [2.24, 2.45) is 0 Å². The summed E-state index contributed by atoms with van der Waals surface area (Å²) in [6.07, 6.45) is 7.57. The van der Waals surface area contributed by atoms with Crippen LogP contribution < -0.4 is 14.1 Å². The number of hydrogen-bond acceptors (Lipinski definition) is 8. The Morgan fingerprint density at radius 1 is 0.452 bits per heavy atom. The molecule has 2 saturated carbocycles. The van der Waals surface area contributed by atoms with Crippen LogP contribution in [0.25, 0.3) is 33.1 Å². The summed E-state index contributed by atoms with van der Waals surface area (Å²) in [4.78, 5) is 7.94. The Labute approximate surface area is 513 Å². The molecule has 0 aliphatic heterocycles. The van der Waals surface area contributed by atoms with Gasteiger partial charge in [-0.3, -0.25) is 0 Å². The number of halogens is 3. The lowest BCUT2D eigenvalue weighted by Crippen LogP contribution is -2.38. The van der Waals surface area contributed by atoms with E-state index in [2.05, 4.69) is 279 Å². The van der Waals surface area contributed by atoms with Gasteiger partial charge < -0.3 is 19.2 Å². The van der Waals surface area contributed by atoms with Crippen LogP contribution in [-0.2, 0) is 11.1 Å². The molecule has 14 rings (SSSR count). The topological polar surface area (TPSA) is 109 Å². The minimum absolute atomic E-state index is 0.0169. The van der Waals surface area contributed by atoms with Gasteiger partial charge in [-0.05, 0) is 150 Å². The largest absolute Gasteiger partial charge is 0.569 e. The Morgan fingerprint density at radius 2 is 0.821 bits per heavy atom. The van der Waals surface area contributed by atoms with Crippen molar-refractivity contribution in [3.63, 3.8) is 0 Å². The Morgan fingerprint density at radius 3 is 1.20 bits per heavy atom. The average molecular weight is 1250 g/mol. The Hall–Kier alpha value is -8.27. The molecule has 0 unspecified atom stereocenters. The standard InChI is InChI=1S/C35H28ClN3O.C30H25IN2O.C5H4BClNO2/c1-34(20-21-34)40-29-17-18-31-30(24-29)33(25-19-22-37-32(36)23-25)38-39(31)35(26-11-5-2-6-12-26,27-13-7-3-8-14-27)28-15-9-4-10-16-28;1-29(19-20-29)34-25-17-18-27-26(21-25)28(31)32-33(27)30(22-11-5-2-6-12-22,23-13-7-3-8-14-23)24-15-9-4-10-16-24;7-5-3-4(10-6-9)1-2-8-5/h2-19,22-24H,20-21H2,1H3;2-18,21H,19-20H2,1H3;1-3,9H. The molecule has 415 valence electrons. The summed E-state index contributed by atoms with van der Waals surface area (Å²) in [5.41, 5.74) is 9.16. The van der Waals surface area contributed by atoms with E-state index < -0.39 is 11.1 Å². The predicted octanol–water partition coefficient (Wildman–Crippen LogP) is 16.6. The minimum atomic E-state index is -0.748. The van der Waals surface area contributed by atoms with E-state index >= 15 is 0 Å². The first-order chi connectivity index (χ1) is 41.0. The van der Waals surface area contributed by atoms with Crippen LogP contribution in [0, 0.1) is 3.70 Å². The van der Waals surface area contributed by atoms with Gasteiger partial charge in [0.25, 0.3) is 0 Å². The quantitative estimate of drug-likeness (QED) is 0.0468. The SMILES string of the molecule is CC1(Oc2ccc3c(c2)c(-c2ccnc(Cl)c2)nn3C(c2ccccc2)(c2ccccc2)c2ccccc2)CC1.CC1(Oc2ccc3c(c2)c(I)nn3C(c2ccccc2)(c2ccccc2)c2ccccc2)CC1.O[B]Oc1ccnc(Cl)c1. The summed E-state index contributed by atoms with van der Waals surface area (Å²) in [5, 5.41) is 21.7. The second kappa shape index (κ2) is 24.1. The molecule has 0 spiro atoms. The zero-order valence-corrected chi connectivity index (χ0v) is 49.8. The van der Waals surface area contributed by atoms with Crippen molar-refractivity contribution in [3.8, 4) is 28.5 Å². The molecular formula is C70H57BCl2IN6O4. The van der Waals surface area contributed by atoms with Crippen LogP contribution in [0.15, 0.2) is 255 Å². The zero-order chi connectivity index (χ0) is 57.7. The molecule has 0 amide bonds. The summed E-state index contributed by atoms with van der Waals surface area (Å²) >= 11 is 14.2. The third-order valence-electron chi connectivity index (χ3n) is 15.6. The van der Waals surface area contributed by atoms with Gasteiger partial charge >= 0.3 is 7.69 Å². The predicted molar refractivity (Wildman–Crippen MR) is 344 cm³/mol. The lowest BCUT2D eigenvalue weighted by molar-refractivity contribution is 0.200. The van der Waals surface area contributed by atoms with E-state index in [1.807, 2.05) is 12.1 Å². The van der Waals surface area contributed by atoms with Crippen molar-refractivity contribution < 1.29 is 19.2 Å². The highest BCUT2D eigenvalue weighted by Gasteiger charge is 2.44. The Kier molecular flexibility index (Phi) is 16.2. The third kappa shape index (κ3) is 11.4. The highest BCUT2D eigenvalue weighted by atomic mass is 127. The number of hydrogen-bond donors (Lipinski definition) is 1. The number of rotatable bonds is 15. The maximum absolute atomic E-state index is 8.20. The van der Waals surface area contributed by atoms with Crippen molar-refractivity contribution in [1.29, 1.82) is 0 Å². The molecule has 0 saturated heterocycles. The van der Waals surface area contributed by atoms with Crippen LogP contribution in [0.1, 0.15) is 72.9 Å². The maximum atomic E-state index is 8.20. The van der Waals surface area contributed by atoms with Gasteiger partial charge in [-0.2, -0.15) is 10.2 Å². The number of ether oxygens (including phenoxy) is 2. The summed E-state index contributed by atoms with van der Waals surface area (Å²) < 4.78 is 22.6. The highest BCUT2D eigenvalue weighted by molar-refractivity contribution is 14.1. The molecule has 8 aromatic carbocycles. The number of fused-ring (bicyclic) bond motifs is 2. The van der Waals surface area contributed by atoms with Crippen molar-refractivity contribution in [1.82, 2.24) is 29.5 Å². The molecule has 4 heterocycles. The molecule has 4 aromatic heterocycles. The molecule has 84 heavy (non-hydrogen) atoms. The second-order valence-corrected chi connectivity index (χ2v) is 23.2. The van der Waals surface area contributed by atoms with Crippen molar-refractivity contribution in [3.05, 3.63) is 302 Å². The van der Waals surface area contributed by atoms with E-state index in [9.17, 15) is 0 Å². The monoisotopic (exact) mass is 1250 g/mol. The van der Waals surface area contributed by atoms with E-state index in [1.54, 1.807) is 12.3 Å². The van der Waals surface area contributed by atoms with Gasteiger partial charge in [0.05, 0.1) is 11.0 Å². The number of nitrogens with zero attached hydrogens (tertiary/aromatic N) is 6. The van der Waals surface area contributed by atoms with Crippen molar-refractivity contribution >= 4 is 75.3 Å². The van der Waals surface area contributed by atoms with Gasteiger partial charge in [0.1, 0.15) is 59.2 Å². The van der Waals surface area contributed by atoms with Crippen molar-refractivity contribution in [2.45, 2.75) is 61.8 Å². The van der Waals surface area contributed by atoms with E-state index in [1.165, 1.54) is 29.0 Å². The molecule has 2 aliphatic rings. The third-order valence-corrected chi connectivity index (χ3v) is 16.8. The molecular weight excluding hydrogens is 1200 g/mol. The van der Waals surface area contributed by atoms with Gasteiger partial charge in [-0.15, -0.1) is 0 Å². The van der Waals surface area contributed by atoms with Gasteiger partial charge in [0.15, 0.2) is 0 Å². The summed E-state index contributed by atoms with van der Waals surface area (Å²) in [6, 6.07) is 83.5. The molecule has 1 N–H and O–H groups in total. The van der Waals surface area contributed by atoms with Crippen LogP contribution in [0.4, 0.5) is 0 Å². The first-order valence-electron chi connectivity index (χ1n) is 27.8. The van der Waals surface area contributed by atoms with Gasteiger partial charge in [-0.25, -0.2) is 19.3 Å². The average Bonchev–Trinajstić information content (AvgIpc) is 1.86. The summed E-state index contributed by atoms with van der Waals surface area (Å²) in [6.45, 7) is 4.34. The molecule has 2 fully saturated rings. The second-order valence-electron chi connectivity index (χ2n) is 21.4. The fourth-order valence-electron chi connectivity index (χ4n) is 11.0. The van der Waals surface area contributed by atoms with Gasteiger partial charge in [0, 0.05) is 34.8 Å². The van der Waals surface area contributed by atoms with Crippen LogP contribution in [0.2, 0.25) is 10.3 Å². The van der Waals surface area contributed by atoms with E-state index in [0.717, 1.165) is 90.6 Å². The van der Waals surface area contributed by atoms with E-state index in [4.69, 9.17) is 47.9 Å². The van der Waals surface area contributed by atoms with Crippen LogP contribution >= 0.6 is 45.8 Å². The molecule has 2 aliphatic carbocycles. The number of pyridine rings is 2. The lowest BCUT2D eigenvalue weighted by Gasteiger charge is -2.37. The van der Waals surface area contributed by atoms with E-state index in [-0.39, 0.29) is 11.2 Å². The maximum Gasteiger partial charge on any atom is 0.569 e. The molecule has 14 heteroatoms. The summed E-state index contributed by atoms with van der Waals surface area (Å²) in [5.74, 6) is 2.22. The molecule has 0 bridgehead atoms. The molecule has 0 atom stereocenters. The van der Waals surface area contributed by atoms with E-state index in [0.29, 0.717) is 23.7 Å². The van der Waals surface area contributed by atoms with Crippen LogP contribution in [-0.4, -0.2) is 53.4 Å². The lowest BCUT2D eigenvalue weighted by atomic mass is 9.77. The Balaban J connectivity index is 0.000000143. The highest BCUT2D eigenvalue weighted by Crippen LogP contribution is 2.48. The first-order valence-corrected chi connectivity index (χ1v) is 29.6. The van der Waals surface area contributed by atoms with Crippen molar-refractivity contribution in [2.75, 3.05) is 0 Å². The minimum Gasteiger partial charge on any atom is -0.537 e. The smallest absolute Gasteiger partial charge is 0.537 e. The fraction of sp³-hybridized carbons (Fsp3) is 0.143. The van der Waals surface area contributed by atoms with Crippen LogP contribution in [0.3, 0.4) is 0 Å². The fourth-order valence-corrected chi connectivity index (χ4v) is 12.0. The Bertz CT molecular complexity index is 4000. The molecule has 12 aromatic rings. The zero-order valence-electron chi connectivity index (χ0n) is 46.1. The normalized spacial score (nSPS) is 13.8. The number of aromatic nitrogens is 6. The van der Waals surface area contributed by atoms with Gasteiger partial charge in [-0.1, -0.05) is 205 Å².